The molecular formula is C14H16N2O2. The van der Waals surface area contributed by atoms with Gasteiger partial charge in [0.1, 0.15) is 7.11 Å². The van der Waals surface area contributed by atoms with Gasteiger partial charge in [0.15, 0.2) is 0 Å². The molecule has 1 spiro atoms. The minimum absolute atomic E-state index is 0.210. The van der Waals surface area contributed by atoms with E-state index in [1.165, 1.54) is 7.11 Å². The smallest absolute Gasteiger partial charge is 0.235 e. The normalized spacial score (nSPS) is 22.8. The van der Waals surface area contributed by atoms with E-state index in [0.717, 1.165) is 24.1 Å². The second kappa shape index (κ2) is 4.12. The van der Waals surface area contributed by atoms with E-state index in [1.54, 1.807) is 0 Å². The first-order valence-electron chi connectivity index (χ1n) is 6.20. The molecule has 2 fully saturated rings. The molecule has 1 aromatic rings. The molecule has 0 bridgehead atoms. The molecule has 1 heterocycles. The fourth-order valence-corrected chi connectivity index (χ4v) is 2.62. The van der Waals surface area contributed by atoms with Crippen LogP contribution in [0.2, 0.25) is 0 Å². The standard InChI is InChI=1S/C14H16N2O2/c1-18-15-12-10-16(13(17)14(12)7-8-14)9-11-5-3-2-4-6-11/h2-6H,7-10H2,1H3. The van der Waals surface area contributed by atoms with Crippen molar-refractivity contribution in [3.05, 3.63) is 35.9 Å². The summed E-state index contributed by atoms with van der Waals surface area (Å²) in [5, 5.41) is 4.04. The number of carbonyl (C=O) groups is 1. The maximum atomic E-state index is 12.4. The molecule has 1 amide bonds. The Morgan fingerprint density at radius 2 is 2.06 bits per heavy atom. The van der Waals surface area contributed by atoms with Crippen LogP contribution in [-0.4, -0.2) is 30.2 Å². The van der Waals surface area contributed by atoms with Gasteiger partial charge >= 0.3 is 0 Å². The van der Waals surface area contributed by atoms with E-state index in [-0.39, 0.29) is 11.3 Å². The van der Waals surface area contributed by atoms with Gasteiger partial charge in [0.25, 0.3) is 0 Å². The number of hydrogen-bond donors (Lipinski definition) is 0. The Bertz CT molecular complexity index is 492. The zero-order valence-corrected chi connectivity index (χ0v) is 10.4. The first-order chi connectivity index (χ1) is 8.76. The van der Waals surface area contributed by atoms with Crippen LogP contribution in [-0.2, 0) is 16.2 Å². The highest BCUT2D eigenvalue weighted by Crippen LogP contribution is 2.52. The van der Waals surface area contributed by atoms with Gasteiger partial charge in [0, 0.05) is 6.54 Å². The number of likely N-dealkylation sites (tertiary alicyclic amines) is 1. The van der Waals surface area contributed by atoms with Crippen molar-refractivity contribution in [3.8, 4) is 0 Å². The summed E-state index contributed by atoms with van der Waals surface area (Å²) in [7, 11) is 1.54. The summed E-state index contributed by atoms with van der Waals surface area (Å²) in [5.41, 5.74) is 1.73. The summed E-state index contributed by atoms with van der Waals surface area (Å²) < 4.78 is 0. The number of benzene rings is 1. The van der Waals surface area contributed by atoms with Crippen LogP contribution in [0.15, 0.2) is 35.5 Å². The van der Waals surface area contributed by atoms with Crippen molar-refractivity contribution in [1.29, 1.82) is 0 Å². The van der Waals surface area contributed by atoms with E-state index in [4.69, 9.17) is 4.84 Å². The van der Waals surface area contributed by atoms with Gasteiger partial charge in [0.2, 0.25) is 5.91 Å². The molecule has 94 valence electrons. The Kier molecular flexibility index (Phi) is 2.58. The number of carbonyl (C=O) groups excluding carboxylic acids is 1. The number of hydrogen-bond acceptors (Lipinski definition) is 3. The average molecular weight is 244 g/mol. The number of amides is 1. The summed E-state index contributed by atoms with van der Waals surface area (Å²) in [6, 6.07) is 10.0. The Hall–Kier alpha value is -1.84. The molecule has 0 unspecified atom stereocenters. The first-order valence-corrected chi connectivity index (χ1v) is 6.20. The Labute approximate surface area is 106 Å². The van der Waals surface area contributed by atoms with Crippen molar-refractivity contribution in [1.82, 2.24) is 4.90 Å². The zero-order chi connectivity index (χ0) is 12.6. The molecule has 1 aromatic carbocycles. The third kappa shape index (κ3) is 1.68. The van der Waals surface area contributed by atoms with Gasteiger partial charge in [-0.25, -0.2) is 0 Å². The molecule has 4 nitrogen and oxygen atoms in total. The van der Waals surface area contributed by atoms with Crippen molar-refractivity contribution in [3.63, 3.8) is 0 Å². The average Bonchev–Trinajstić information content (AvgIpc) is 3.15. The van der Waals surface area contributed by atoms with Crippen molar-refractivity contribution in [2.24, 2.45) is 10.6 Å². The van der Waals surface area contributed by atoms with Gasteiger partial charge in [-0.15, -0.1) is 0 Å². The molecule has 0 radical (unpaired) electrons. The maximum Gasteiger partial charge on any atom is 0.235 e. The van der Waals surface area contributed by atoms with Crippen molar-refractivity contribution in [2.45, 2.75) is 19.4 Å². The van der Waals surface area contributed by atoms with Crippen molar-refractivity contribution in [2.75, 3.05) is 13.7 Å². The monoisotopic (exact) mass is 244 g/mol. The minimum Gasteiger partial charge on any atom is -0.399 e. The molecular weight excluding hydrogens is 228 g/mol. The zero-order valence-electron chi connectivity index (χ0n) is 10.4. The lowest BCUT2D eigenvalue weighted by Crippen LogP contribution is -2.27. The molecule has 2 aliphatic rings. The maximum absolute atomic E-state index is 12.4. The van der Waals surface area contributed by atoms with Crippen LogP contribution in [0.4, 0.5) is 0 Å². The second-order valence-electron chi connectivity index (χ2n) is 4.95. The van der Waals surface area contributed by atoms with Gasteiger partial charge in [-0.05, 0) is 18.4 Å². The molecule has 18 heavy (non-hydrogen) atoms. The summed E-state index contributed by atoms with van der Waals surface area (Å²) >= 11 is 0. The van der Waals surface area contributed by atoms with Crippen LogP contribution in [0.1, 0.15) is 18.4 Å². The Morgan fingerprint density at radius 3 is 2.67 bits per heavy atom. The van der Waals surface area contributed by atoms with Crippen LogP contribution in [0.25, 0.3) is 0 Å². The van der Waals surface area contributed by atoms with E-state index < -0.39 is 0 Å². The fourth-order valence-electron chi connectivity index (χ4n) is 2.62. The van der Waals surface area contributed by atoms with Crippen molar-refractivity contribution >= 4 is 11.6 Å². The molecule has 1 aliphatic carbocycles. The third-order valence-electron chi connectivity index (χ3n) is 3.76. The summed E-state index contributed by atoms with van der Waals surface area (Å²) in [6.45, 7) is 1.26. The number of rotatable bonds is 3. The highest BCUT2D eigenvalue weighted by molar-refractivity contribution is 6.17. The minimum atomic E-state index is -0.315. The van der Waals surface area contributed by atoms with Crippen LogP contribution in [0.5, 0.6) is 0 Å². The summed E-state index contributed by atoms with van der Waals surface area (Å²) in [6.07, 6.45) is 1.83. The molecule has 0 N–H and O–H groups in total. The first kappa shape index (κ1) is 11.3. The predicted molar refractivity (Wildman–Crippen MR) is 68.0 cm³/mol. The molecule has 0 aromatic heterocycles. The van der Waals surface area contributed by atoms with Gasteiger partial charge in [-0.2, -0.15) is 0 Å². The fraction of sp³-hybridized carbons (Fsp3) is 0.429. The molecule has 1 aliphatic heterocycles. The molecule has 0 atom stereocenters. The highest BCUT2D eigenvalue weighted by atomic mass is 16.6. The van der Waals surface area contributed by atoms with Crippen LogP contribution >= 0.6 is 0 Å². The lowest BCUT2D eigenvalue weighted by molar-refractivity contribution is -0.132. The van der Waals surface area contributed by atoms with Gasteiger partial charge in [-0.3, -0.25) is 4.79 Å². The van der Waals surface area contributed by atoms with E-state index in [1.807, 2.05) is 35.2 Å². The second-order valence-corrected chi connectivity index (χ2v) is 4.95. The third-order valence-corrected chi connectivity index (χ3v) is 3.76. The van der Waals surface area contributed by atoms with Crippen LogP contribution < -0.4 is 0 Å². The predicted octanol–water partition coefficient (Wildman–Crippen LogP) is 1.81. The van der Waals surface area contributed by atoms with Gasteiger partial charge < -0.3 is 9.74 Å². The number of nitrogens with zero attached hydrogens (tertiary/aromatic N) is 2. The molecule has 1 saturated carbocycles. The quantitative estimate of drug-likeness (QED) is 0.761. The summed E-state index contributed by atoms with van der Waals surface area (Å²) in [4.78, 5) is 19.1. The highest BCUT2D eigenvalue weighted by Gasteiger charge is 2.60. The lowest BCUT2D eigenvalue weighted by atomic mass is 10.0. The van der Waals surface area contributed by atoms with Crippen molar-refractivity contribution < 1.29 is 9.63 Å². The van der Waals surface area contributed by atoms with E-state index >= 15 is 0 Å². The van der Waals surface area contributed by atoms with E-state index in [9.17, 15) is 4.79 Å². The van der Waals surface area contributed by atoms with Crippen LogP contribution in [0, 0.1) is 5.41 Å². The number of oxime groups is 1. The lowest BCUT2D eigenvalue weighted by Gasteiger charge is -2.15. The van der Waals surface area contributed by atoms with E-state index in [0.29, 0.717) is 13.1 Å². The Morgan fingerprint density at radius 1 is 1.33 bits per heavy atom. The largest absolute Gasteiger partial charge is 0.399 e. The summed E-state index contributed by atoms with van der Waals surface area (Å²) in [5.74, 6) is 0.210. The molecule has 1 saturated heterocycles. The molecule has 3 rings (SSSR count). The van der Waals surface area contributed by atoms with E-state index in [2.05, 4.69) is 5.16 Å². The van der Waals surface area contributed by atoms with Crippen LogP contribution in [0.3, 0.4) is 0 Å². The van der Waals surface area contributed by atoms with Gasteiger partial charge in [-0.1, -0.05) is 35.5 Å². The topological polar surface area (TPSA) is 41.9 Å². The molecule has 4 heteroatoms. The van der Waals surface area contributed by atoms with Gasteiger partial charge in [0.05, 0.1) is 17.7 Å². The SMILES string of the molecule is CON=C1CN(Cc2ccccc2)C(=O)C12CC2. The Balaban J connectivity index is 1.79.